The molecule has 6 heteroatoms. The van der Waals surface area contributed by atoms with Crippen molar-refractivity contribution in [3.05, 3.63) is 0 Å². The molecule has 0 radical (unpaired) electrons. The number of piperidine rings is 1. The molecule has 1 fully saturated rings. The Morgan fingerprint density at radius 2 is 1.75 bits per heavy atom. The fraction of sp³-hybridized carbons (Fsp3) is 0.857. The maximum atomic E-state index is 11.9. The number of hydrogen-bond donors (Lipinski definition) is 2. The molecule has 0 spiro atoms. The summed E-state index contributed by atoms with van der Waals surface area (Å²) in [4.78, 5) is 25.6. The van der Waals surface area contributed by atoms with Crippen LogP contribution in [0.15, 0.2) is 0 Å². The number of rotatable bonds is 4. The molecule has 0 saturated carbocycles. The van der Waals surface area contributed by atoms with E-state index < -0.39 is 6.04 Å². The van der Waals surface area contributed by atoms with Gasteiger partial charge in [-0.2, -0.15) is 0 Å². The summed E-state index contributed by atoms with van der Waals surface area (Å²) in [7, 11) is 0. The molecule has 1 aliphatic heterocycles. The Labute approximate surface area is 128 Å². The summed E-state index contributed by atoms with van der Waals surface area (Å²) in [6, 6.07) is -0.544. The first-order valence-electron chi connectivity index (χ1n) is 7.13. The zero-order valence-electron chi connectivity index (χ0n) is 12.8. The van der Waals surface area contributed by atoms with Gasteiger partial charge in [0.1, 0.15) is 0 Å². The molecule has 0 aromatic heterocycles. The Hall–Kier alpha value is -0.810. The van der Waals surface area contributed by atoms with E-state index in [0.29, 0.717) is 13.0 Å². The zero-order chi connectivity index (χ0) is 14.5. The molecular formula is C14H28ClN3O2. The van der Waals surface area contributed by atoms with E-state index in [1.54, 1.807) is 0 Å². The molecule has 1 rings (SSSR count). The van der Waals surface area contributed by atoms with Crippen LogP contribution in [0, 0.1) is 5.41 Å². The largest absolute Gasteiger partial charge is 0.354 e. The molecule has 1 heterocycles. The maximum absolute atomic E-state index is 11.9. The highest BCUT2D eigenvalue weighted by molar-refractivity contribution is 5.85. The van der Waals surface area contributed by atoms with Gasteiger partial charge in [-0.1, -0.05) is 20.8 Å². The van der Waals surface area contributed by atoms with Crippen molar-refractivity contribution in [2.75, 3.05) is 19.6 Å². The van der Waals surface area contributed by atoms with Gasteiger partial charge in [-0.25, -0.2) is 0 Å². The number of likely N-dealkylation sites (tertiary alicyclic amines) is 1. The van der Waals surface area contributed by atoms with Gasteiger partial charge >= 0.3 is 0 Å². The fourth-order valence-corrected chi connectivity index (χ4v) is 2.10. The van der Waals surface area contributed by atoms with E-state index in [2.05, 4.69) is 5.32 Å². The van der Waals surface area contributed by atoms with E-state index in [9.17, 15) is 9.59 Å². The zero-order valence-corrected chi connectivity index (χ0v) is 13.6. The second kappa shape index (κ2) is 8.47. The molecule has 2 amide bonds. The Morgan fingerprint density at radius 3 is 2.25 bits per heavy atom. The molecule has 3 N–H and O–H groups in total. The minimum atomic E-state index is -0.544. The number of carbonyl (C=O) groups is 2. The molecule has 5 nitrogen and oxygen atoms in total. The quantitative estimate of drug-likeness (QED) is 0.822. The van der Waals surface area contributed by atoms with Gasteiger partial charge in [0.2, 0.25) is 11.8 Å². The van der Waals surface area contributed by atoms with Crippen molar-refractivity contribution in [3.63, 3.8) is 0 Å². The Kier molecular flexibility index (Phi) is 8.13. The normalized spacial score (nSPS) is 17.1. The SMILES string of the molecule is CC(C)(C)[C@H](N)C(=O)NCCC(=O)N1CCCCC1.Cl. The molecule has 0 unspecified atom stereocenters. The third-order valence-corrected chi connectivity index (χ3v) is 3.56. The van der Waals surface area contributed by atoms with Crippen LogP contribution in [-0.4, -0.2) is 42.4 Å². The lowest BCUT2D eigenvalue weighted by Crippen LogP contribution is -2.49. The second-order valence-electron chi connectivity index (χ2n) is 6.33. The van der Waals surface area contributed by atoms with Gasteiger partial charge < -0.3 is 16.0 Å². The smallest absolute Gasteiger partial charge is 0.237 e. The van der Waals surface area contributed by atoms with Gasteiger partial charge in [-0.15, -0.1) is 12.4 Å². The number of nitrogens with one attached hydrogen (secondary N) is 1. The van der Waals surface area contributed by atoms with Crippen molar-refractivity contribution in [1.82, 2.24) is 10.2 Å². The van der Waals surface area contributed by atoms with Crippen LogP contribution in [0.3, 0.4) is 0 Å². The van der Waals surface area contributed by atoms with Crippen LogP contribution in [0.25, 0.3) is 0 Å². The summed E-state index contributed by atoms with van der Waals surface area (Å²) in [5, 5.41) is 2.75. The average Bonchev–Trinajstić information content (AvgIpc) is 2.37. The fourth-order valence-electron chi connectivity index (χ4n) is 2.10. The van der Waals surface area contributed by atoms with Gasteiger partial charge in [0.25, 0.3) is 0 Å². The summed E-state index contributed by atoms with van der Waals surface area (Å²) in [5.41, 5.74) is 5.58. The van der Waals surface area contributed by atoms with Crippen molar-refractivity contribution >= 4 is 24.2 Å². The first-order chi connectivity index (χ1) is 8.82. The first kappa shape index (κ1) is 19.2. The molecule has 118 valence electrons. The van der Waals surface area contributed by atoms with Crippen LogP contribution in [-0.2, 0) is 9.59 Å². The Balaban J connectivity index is 0.00000361. The average molecular weight is 306 g/mol. The number of halogens is 1. The van der Waals surface area contributed by atoms with Crippen LogP contribution < -0.4 is 11.1 Å². The monoisotopic (exact) mass is 305 g/mol. The van der Waals surface area contributed by atoms with Gasteiger partial charge in [-0.05, 0) is 24.7 Å². The van der Waals surface area contributed by atoms with E-state index in [1.807, 2.05) is 25.7 Å². The predicted molar refractivity (Wildman–Crippen MR) is 82.7 cm³/mol. The summed E-state index contributed by atoms with van der Waals surface area (Å²) < 4.78 is 0. The third kappa shape index (κ3) is 6.09. The second-order valence-corrected chi connectivity index (χ2v) is 6.33. The van der Waals surface area contributed by atoms with Crippen molar-refractivity contribution in [3.8, 4) is 0 Å². The standard InChI is InChI=1S/C14H27N3O2.ClH/c1-14(2,3)12(15)13(19)16-8-7-11(18)17-9-5-4-6-10-17;/h12H,4-10,15H2,1-3H3,(H,16,19);1H/t12-;/m1./s1. The van der Waals surface area contributed by atoms with E-state index in [4.69, 9.17) is 5.73 Å². The minimum Gasteiger partial charge on any atom is -0.354 e. The number of nitrogens with two attached hydrogens (primary N) is 1. The van der Waals surface area contributed by atoms with Crippen molar-refractivity contribution in [1.29, 1.82) is 0 Å². The highest BCUT2D eigenvalue weighted by atomic mass is 35.5. The van der Waals surface area contributed by atoms with Crippen LogP contribution in [0.1, 0.15) is 46.5 Å². The number of carbonyl (C=O) groups excluding carboxylic acids is 2. The summed E-state index contributed by atoms with van der Waals surface area (Å²) in [5.74, 6) is -0.0525. The van der Waals surface area contributed by atoms with E-state index in [0.717, 1.165) is 25.9 Å². The third-order valence-electron chi connectivity index (χ3n) is 3.56. The number of amides is 2. The molecule has 20 heavy (non-hydrogen) atoms. The highest BCUT2D eigenvalue weighted by Gasteiger charge is 2.27. The van der Waals surface area contributed by atoms with Crippen molar-refractivity contribution in [2.45, 2.75) is 52.5 Å². The van der Waals surface area contributed by atoms with Gasteiger partial charge in [0.15, 0.2) is 0 Å². The molecule has 0 aliphatic carbocycles. The lowest BCUT2D eigenvalue weighted by atomic mass is 9.87. The Morgan fingerprint density at radius 1 is 1.20 bits per heavy atom. The lowest BCUT2D eigenvalue weighted by molar-refractivity contribution is -0.132. The molecule has 1 atom stereocenters. The van der Waals surface area contributed by atoms with E-state index >= 15 is 0 Å². The summed E-state index contributed by atoms with van der Waals surface area (Å²) in [6.07, 6.45) is 3.75. The highest BCUT2D eigenvalue weighted by Crippen LogP contribution is 2.17. The van der Waals surface area contributed by atoms with Crippen molar-refractivity contribution in [2.24, 2.45) is 11.1 Å². The first-order valence-corrected chi connectivity index (χ1v) is 7.13. The van der Waals surface area contributed by atoms with Gasteiger partial charge in [0, 0.05) is 26.1 Å². The van der Waals surface area contributed by atoms with Crippen LogP contribution in [0.2, 0.25) is 0 Å². The van der Waals surface area contributed by atoms with E-state index in [-0.39, 0.29) is 29.6 Å². The molecular weight excluding hydrogens is 278 g/mol. The molecule has 0 aromatic carbocycles. The van der Waals surface area contributed by atoms with Gasteiger partial charge in [-0.3, -0.25) is 9.59 Å². The predicted octanol–water partition coefficient (Wildman–Crippen LogP) is 1.30. The summed E-state index contributed by atoms with van der Waals surface area (Å²) >= 11 is 0. The van der Waals surface area contributed by atoms with E-state index in [1.165, 1.54) is 6.42 Å². The minimum absolute atomic E-state index is 0. The lowest BCUT2D eigenvalue weighted by Gasteiger charge is -2.27. The van der Waals surface area contributed by atoms with Crippen LogP contribution in [0.4, 0.5) is 0 Å². The van der Waals surface area contributed by atoms with Crippen LogP contribution in [0.5, 0.6) is 0 Å². The molecule has 0 bridgehead atoms. The molecule has 1 saturated heterocycles. The topological polar surface area (TPSA) is 75.4 Å². The summed E-state index contributed by atoms with van der Waals surface area (Å²) in [6.45, 7) is 7.86. The van der Waals surface area contributed by atoms with Gasteiger partial charge in [0.05, 0.1) is 6.04 Å². The maximum Gasteiger partial charge on any atom is 0.237 e. The number of nitrogens with zero attached hydrogens (tertiary/aromatic N) is 1. The van der Waals surface area contributed by atoms with Crippen LogP contribution >= 0.6 is 12.4 Å². The molecule has 1 aliphatic rings. The number of hydrogen-bond acceptors (Lipinski definition) is 3. The Bertz CT molecular complexity index is 323. The van der Waals surface area contributed by atoms with Crippen molar-refractivity contribution < 1.29 is 9.59 Å². The molecule has 0 aromatic rings.